The highest BCUT2D eigenvalue weighted by molar-refractivity contribution is 5.30. The van der Waals surface area contributed by atoms with Crippen LogP contribution in [0.15, 0.2) is 24.3 Å². The van der Waals surface area contributed by atoms with E-state index < -0.39 is 11.0 Å². The summed E-state index contributed by atoms with van der Waals surface area (Å²) in [6, 6.07) is 8.36. The maximum Gasteiger partial charge on any atom is 0.123 e. The van der Waals surface area contributed by atoms with E-state index in [9.17, 15) is 14.8 Å². The van der Waals surface area contributed by atoms with Crippen LogP contribution >= 0.6 is 0 Å². The minimum Gasteiger partial charge on any atom is -0.383 e. The number of hydrogen-bond donors (Lipinski definition) is 1. The van der Waals surface area contributed by atoms with Gasteiger partial charge in [-0.15, -0.1) is 0 Å². The largest absolute Gasteiger partial charge is 0.383 e. The first-order chi connectivity index (χ1) is 8.97. The summed E-state index contributed by atoms with van der Waals surface area (Å²) >= 11 is 0. The maximum atomic E-state index is 13.4. The molecule has 2 nitrogen and oxygen atoms in total. The monoisotopic (exact) mass is 261 g/mol. The summed E-state index contributed by atoms with van der Waals surface area (Å²) in [5, 5.41) is 20.7. The highest BCUT2D eigenvalue weighted by Gasteiger charge is 2.54. The van der Waals surface area contributed by atoms with Gasteiger partial charge in [-0.1, -0.05) is 26.0 Å². The van der Waals surface area contributed by atoms with Gasteiger partial charge in [0.2, 0.25) is 0 Å². The Morgan fingerprint density at radius 1 is 1.58 bits per heavy atom. The molecule has 1 N–H and O–H groups in total. The summed E-state index contributed by atoms with van der Waals surface area (Å²) in [4.78, 5) is 0. The molecule has 0 heterocycles. The standard InChI is InChI=1S/C16H20FNO/c1-3-16(19,13-5-4-6-14(17)9-13)15(11-18)8-7-12(2)10-15/h4-6,9,12,19H,3,7-8,10H2,1-2H3. The number of rotatable bonds is 3. The first-order valence-corrected chi connectivity index (χ1v) is 6.87. The van der Waals surface area contributed by atoms with Gasteiger partial charge < -0.3 is 5.11 Å². The van der Waals surface area contributed by atoms with E-state index in [2.05, 4.69) is 13.0 Å². The lowest BCUT2D eigenvalue weighted by atomic mass is 9.66. The molecule has 2 rings (SSSR count). The van der Waals surface area contributed by atoms with Crippen LogP contribution in [0.3, 0.4) is 0 Å². The van der Waals surface area contributed by atoms with E-state index >= 15 is 0 Å². The molecule has 3 unspecified atom stereocenters. The van der Waals surface area contributed by atoms with E-state index in [0.717, 1.165) is 6.42 Å². The van der Waals surface area contributed by atoms with Crippen LogP contribution in [-0.4, -0.2) is 5.11 Å². The minimum atomic E-state index is -1.27. The molecule has 1 aromatic carbocycles. The lowest BCUT2D eigenvalue weighted by Gasteiger charge is -2.40. The Bertz CT molecular complexity index is 510. The van der Waals surface area contributed by atoms with Crippen molar-refractivity contribution in [2.75, 3.05) is 0 Å². The number of aliphatic hydroxyl groups is 1. The van der Waals surface area contributed by atoms with E-state index in [-0.39, 0.29) is 5.82 Å². The average Bonchev–Trinajstić information content (AvgIpc) is 2.81. The van der Waals surface area contributed by atoms with Gasteiger partial charge in [-0.3, -0.25) is 0 Å². The minimum absolute atomic E-state index is 0.372. The fourth-order valence-electron chi connectivity index (χ4n) is 3.43. The zero-order valence-corrected chi connectivity index (χ0v) is 11.5. The van der Waals surface area contributed by atoms with Crippen LogP contribution in [0.5, 0.6) is 0 Å². The molecule has 0 amide bonds. The topological polar surface area (TPSA) is 44.0 Å². The molecule has 102 valence electrons. The molecule has 1 aliphatic rings. The normalized spacial score (nSPS) is 29.7. The summed E-state index contributed by atoms with van der Waals surface area (Å²) in [6.07, 6.45) is 2.69. The van der Waals surface area contributed by atoms with Crippen LogP contribution in [0, 0.1) is 28.5 Å². The SMILES string of the molecule is CCC(O)(c1cccc(F)c1)C1(C#N)CCC(C)C1. The van der Waals surface area contributed by atoms with Gasteiger partial charge in [0, 0.05) is 0 Å². The third kappa shape index (κ3) is 2.15. The van der Waals surface area contributed by atoms with Gasteiger partial charge in [-0.2, -0.15) is 5.26 Å². The predicted molar refractivity (Wildman–Crippen MR) is 71.6 cm³/mol. The zero-order chi connectivity index (χ0) is 14.1. The van der Waals surface area contributed by atoms with Crippen molar-refractivity contribution < 1.29 is 9.50 Å². The van der Waals surface area contributed by atoms with E-state index in [1.165, 1.54) is 12.1 Å². The third-order valence-electron chi connectivity index (χ3n) is 4.58. The molecule has 0 radical (unpaired) electrons. The van der Waals surface area contributed by atoms with Crippen molar-refractivity contribution in [3.63, 3.8) is 0 Å². The molecule has 1 saturated carbocycles. The van der Waals surface area contributed by atoms with Crippen LogP contribution < -0.4 is 0 Å². The van der Waals surface area contributed by atoms with Crippen LogP contribution in [-0.2, 0) is 5.60 Å². The zero-order valence-electron chi connectivity index (χ0n) is 11.5. The van der Waals surface area contributed by atoms with E-state index in [0.29, 0.717) is 30.7 Å². The van der Waals surface area contributed by atoms with Gasteiger partial charge in [-0.05, 0) is 49.3 Å². The number of halogens is 1. The van der Waals surface area contributed by atoms with Crippen molar-refractivity contribution in [1.82, 2.24) is 0 Å². The first kappa shape index (κ1) is 14.0. The van der Waals surface area contributed by atoms with Gasteiger partial charge in [-0.25, -0.2) is 4.39 Å². The lowest BCUT2D eigenvalue weighted by Crippen LogP contribution is -2.43. The number of nitrogens with zero attached hydrogens (tertiary/aromatic N) is 1. The molecule has 0 aliphatic heterocycles. The number of nitriles is 1. The molecule has 1 aliphatic carbocycles. The van der Waals surface area contributed by atoms with Crippen molar-refractivity contribution in [3.8, 4) is 6.07 Å². The quantitative estimate of drug-likeness (QED) is 0.900. The van der Waals surface area contributed by atoms with Crippen molar-refractivity contribution in [1.29, 1.82) is 5.26 Å². The van der Waals surface area contributed by atoms with Crippen molar-refractivity contribution in [2.45, 2.75) is 45.1 Å². The van der Waals surface area contributed by atoms with Gasteiger partial charge in [0.25, 0.3) is 0 Å². The van der Waals surface area contributed by atoms with E-state index in [1.54, 1.807) is 12.1 Å². The molecule has 1 fully saturated rings. The molecule has 3 atom stereocenters. The summed E-state index contributed by atoms with van der Waals surface area (Å²) in [6.45, 7) is 3.95. The highest BCUT2D eigenvalue weighted by atomic mass is 19.1. The number of hydrogen-bond acceptors (Lipinski definition) is 2. The number of benzene rings is 1. The third-order valence-corrected chi connectivity index (χ3v) is 4.58. The van der Waals surface area contributed by atoms with Crippen LogP contribution in [0.4, 0.5) is 4.39 Å². The van der Waals surface area contributed by atoms with Crippen LogP contribution in [0.2, 0.25) is 0 Å². The van der Waals surface area contributed by atoms with E-state index in [4.69, 9.17) is 0 Å². The average molecular weight is 261 g/mol. The molecule has 0 aromatic heterocycles. The van der Waals surface area contributed by atoms with Gasteiger partial charge in [0.15, 0.2) is 0 Å². The predicted octanol–water partition coefficient (Wildman–Crippen LogP) is 3.75. The highest BCUT2D eigenvalue weighted by Crippen LogP contribution is 2.54. The maximum absolute atomic E-state index is 13.4. The second kappa shape index (κ2) is 4.94. The Hall–Kier alpha value is -1.40. The first-order valence-electron chi connectivity index (χ1n) is 6.87. The summed E-state index contributed by atoms with van der Waals surface area (Å²) < 4.78 is 13.4. The summed E-state index contributed by atoms with van der Waals surface area (Å²) in [5.74, 6) is 0.0507. The lowest BCUT2D eigenvalue weighted by molar-refractivity contribution is -0.0644. The smallest absolute Gasteiger partial charge is 0.123 e. The Balaban J connectivity index is 2.51. The molecule has 1 aromatic rings. The molecule has 3 heteroatoms. The van der Waals surface area contributed by atoms with Crippen LogP contribution in [0.25, 0.3) is 0 Å². The van der Waals surface area contributed by atoms with Crippen molar-refractivity contribution >= 4 is 0 Å². The second-order valence-electron chi connectivity index (χ2n) is 5.77. The van der Waals surface area contributed by atoms with Crippen LogP contribution in [0.1, 0.15) is 45.1 Å². The summed E-state index contributed by atoms with van der Waals surface area (Å²) in [7, 11) is 0. The van der Waals surface area contributed by atoms with Crippen molar-refractivity contribution in [2.24, 2.45) is 11.3 Å². The Labute approximate surface area is 113 Å². The van der Waals surface area contributed by atoms with Gasteiger partial charge in [0.05, 0.1) is 11.5 Å². The molecular formula is C16H20FNO. The molecule has 0 bridgehead atoms. The summed E-state index contributed by atoms with van der Waals surface area (Å²) in [5.41, 5.74) is -1.55. The molecule has 0 saturated heterocycles. The molecule has 19 heavy (non-hydrogen) atoms. The Morgan fingerprint density at radius 3 is 2.79 bits per heavy atom. The molecular weight excluding hydrogens is 241 g/mol. The second-order valence-corrected chi connectivity index (χ2v) is 5.77. The Kier molecular flexibility index (Phi) is 3.64. The van der Waals surface area contributed by atoms with Crippen molar-refractivity contribution in [3.05, 3.63) is 35.6 Å². The van der Waals surface area contributed by atoms with E-state index in [1.807, 2.05) is 6.92 Å². The van der Waals surface area contributed by atoms with Gasteiger partial charge >= 0.3 is 0 Å². The fourth-order valence-corrected chi connectivity index (χ4v) is 3.43. The molecule has 0 spiro atoms. The van der Waals surface area contributed by atoms with Gasteiger partial charge in [0.1, 0.15) is 11.4 Å². The fraction of sp³-hybridized carbons (Fsp3) is 0.562. The Morgan fingerprint density at radius 2 is 2.32 bits per heavy atom.